The van der Waals surface area contributed by atoms with E-state index < -0.39 is 0 Å². The van der Waals surface area contributed by atoms with Gasteiger partial charge in [-0.1, -0.05) is 11.8 Å². The van der Waals surface area contributed by atoms with Gasteiger partial charge in [0, 0.05) is 11.3 Å². The fourth-order valence-electron chi connectivity index (χ4n) is 2.37. The summed E-state index contributed by atoms with van der Waals surface area (Å²) in [6.07, 6.45) is 0. The van der Waals surface area contributed by atoms with E-state index in [-0.39, 0.29) is 35.2 Å². The zero-order valence-corrected chi connectivity index (χ0v) is 17.2. The Balaban J connectivity index is 1.43. The van der Waals surface area contributed by atoms with Gasteiger partial charge in [0.1, 0.15) is 11.5 Å². The molecule has 0 saturated carbocycles. The number of aromatic nitrogens is 2. The first-order chi connectivity index (χ1) is 14.6. The van der Waals surface area contributed by atoms with Crippen LogP contribution in [0, 0.1) is 0 Å². The highest BCUT2D eigenvalue weighted by molar-refractivity contribution is 7.99. The number of hydrogen-bond donors (Lipinski definition) is 2. The van der Waals surface area contributed by atoms with Crippen molar-refractivity contribution in [3.8, 4) is 11.5 Å². The van der Waals surface area contributed by atoms with Crippen molar-refractivity contribution in [2.75, 3.05) is 25.3 Å². The van der Waals surface area contributed by atoms with E-state index in [2.05, 4.69) is 20.8 Å². The highest BCUT2D eigenvalue weighted by atomic mass is 32.2. The van der Waals surface area contributed by atoms with Gasteiger partial charge in [0.05, 0.1) is 26.5 Å². The molecule has 0 radical (unpaired) electrons. The van der Waals surface area contributed by atoms with Crippen LogP contribution < -0.4 is 20.1 Å². The number of methoxy groups -OCH3 is 2. The Morgan fingerprint density at radius 3 is 2.23 bits per heavy atom. The van der Waals surface area contributed by atoms with Crippen molar-refractivity contribution in [1.29, 1.82) is 0 Å². The number of carbonyl (C=O) groups is 2. The van der Waals surface area contributed by atoms with Crippen molar-refractivity contribution < 1.29 is 23.5 Å². The zero-order chi connectivity index (χ0) is 21.3. The van der Waals surface area contributed by atoms with Crippen LogP contribution in [-0.4, -0.2) is 42.0 Å². The Morgan fingerprint density at radius 2 is 1.60 bits per heavy atom. The predicted molar refractivity (Wildman–Crippen MR) is 111 cm³/mol. The lowest BCUT2D eigenvalue weighted by Gasteiger charge is -2.05. The fraction of sp³-hybridized carbons (Fsp3) is 0.200. The van der Waals surface area contributed by atoms with Gasteiger partial charge < -0.3 is 24.5 Å². The monoisotopic (exact) mass is 428 g/mol. The summed E-state index contributed by atoms with van der Waals surface area (Å²) in [4.78, 5) is 24.2. The van der Waals surface area contributed by atoms with E-state index in [1.165, 1.54) is 0 Å². The van der Waals surface area contributed by atoms with Crippen LogP contribution in [0.1, 0.15) is 16.2 Å². The number of nitrogens with one attached hydrogen (secondary N) is 2. The van der Waals surface area contributed by atoms with Gasteiger partial charge in [0.2, 0.25) is 11.8 Å². The minimum atomic E-state index is -0.274. The summed E-state index contributed by atoms with van der Waals surface area (Å²) in [5, 5.41) is 13.5. The quantitative estimate of drug-likeness (QED) is 0.500. The molecule has 0 aliphatic carbocycles. The van der Waals surface area contributed by atoms with Crippen LogP contribution in [0.15, 0.2) is 58.2 Å². The van der Waals surface area contributed by atoms with Crippen molar-refractivity contribution >= 4 is 29.3 Å². The van der Waals surface area contributed by atoms with Crippen LogP contribution in [-0.2, 0) is 11.3 Å². The van der Waals surface area contributed by atoms with Gasteiger partial charge in [-0.2, -0.15) is 0 Å². The molecule has 0 unspecified atom stereocenters. The molecule has 0 saturated heterocycles. The normalized spacial score (nSPS) is 10.3. The van der Waals surface area contributed by atoms with Crippen LogP contribution >= 0.6 is 11.8 Å². The maximum Gasteiger partial charge on any atom is 0.277 e. The standard InChI is InChI=1S/C20H20N4O5S/c1-27-15-7-3-13(4-8-15)19(26)21-11-18-23-24-20(29-18)30-12-17(25)22-14-5-9-16(28-2)10-6-14/h3-10H,11-12H2,1-2H3,(H,21,26)(H,22,25). The van der Waals surface area contributed by atoms with Crippen molar-refractivity contribution in [2.45, 2.75) is 11.8 Å². The lowest BCUT2D eigenvalue weighted by molar-refractivity contribution is -0.113. The zero-order valence-electron chi connectivity index (χ0n) is 16.4. The van der Waals surface area contributed by atoms with E-state index in [0.717, 1.165) is 11.8 Å². The van der Waals surface area contributed by atoms with Crippen molar-refractivity contribution in [1.82, 2.24) is 15.5 Å². The number of hydrogen-bond acceptors (Lipinski definition) is 8. The van der Waals surface area contributed by atoms with Gasteiger partial charge in [0.15, 0.2) is 0 Å². The molecule has 0 aliphatic rings. The first kappa shape index (κ1) is 21.2. The van der Waals surface area contributed by atoms with Gasteiger partial charge in [-0.15, -0.1) is 10.2 Å². The lowest BCUT2D eigenvalue weighted by Crippen LogP contribution is -2.22. The number of carbonyl (C=O) groups excluding carboxylic acids is 2. The minimum absolute atomic E-state index is 0.0798. The molecule has 30 heavy (non-hydrogen) atoms. The number of nitrogens with zero attached hydrogens (tertiary/aromatic N) is 2. The third-order valence-corrected chi connectivity index (χ3v) is 4.72. The fourth-order valence-corrected chi connectivity index (χ4v) is 2.95. The van der Waals surface area contributed by atoms with Crippen LogP contribution in [0.4, 0.5) is 5.69 Å². The Labute approximate surface area is 177 Å². The summed E-state index contributed by atoms with van der Waals surface area (Å²) in [6.45, 7) is 0.0798. The molecule has 2 amide bonds. The molecule has 3 aromatic rings. The largest absolute Gasteiger partial charge is 0.497 e. The molecule has 1 aromatic heterocycles. The maximum absolute atomic E-state index is 12.1. The number of anilines is 1. The molecule has 9 nitrogen and oxygen atoms in total. The highest BCUT2D eigenvalue weighted by Crippen LogP contribution is 2.18. The second-order valence-corrected chi connectivity index (χ2v) is 6.86. The molecule has 10 heteroatoms. The number of ether oxygens (including phenoxy) is 2. The molecule has 1 heterocycles. The molecule has 0 aliphatic heterocycles. The van der Waals surface area contributed by atoms with Gasteiger partial charge >= 0.3 is 0 Å². The number of rotatable bonds is 9. The molecule has 156 valence electrons. The Morgan fingerprint density at radius 1 is 0.967 bits per heavy atom. The first-order valence-corrected chi connectivity index (χ1v) is 9.87. The molecule has 2 N–H and O–H groups in total. The molecular weight excluding hydrogens is 408 g/mol. The van der Waals surface area contributed by atoms with Crippen molar-refractivity contribution in [3.63, 3.8) is 0 Å². The van der Waals surface area contributed by atoms with Gasteiger partial charge in [-0.25, -0.2) is 0 Å². The summed E-state index contributed by atoms with van der Waals surface area (Å²) in [5.41, 5.74) is 1.15. The molecule has 0 spiro atoms. The average Bonchev–Trinajstić information content (AvgIpc) is 3.24. The Kier molecular flexibility index (Phi) is 7.28. The number of amides is 2. The van der Waals surface area contributed by atoms with E-state index >= 15 is 0 Å². The van der Waals surface area contributed by atoms with E-state index in [1.54, 1.807) is 62.8 Å². The summed E-state index contributed by atoms with van der Waals surface area (Å²) >= 11 is 1.11. The molecular formula is C20H20N4O5S. The third-order valence-electron chi connectivity index (χ3n) is 3.90. The van der Waals surface area contributed by atoms with Crippen LogP contribution in [0.25, 0.3) is 0 Å². The summed E-state index contributed by atoms with van der Waals surface area (Å²) in [7, 11) is 3.14. The van der Waals surface area contributed by atoms with E-state index in [4.69, 9.17) is 13.9 Å². The number of thioether (sulfide) groups is 1. The Hall–Kier alpha value is -3.53. The topological polar surface area (TPSA) is 116 Å². The van der Waals surface area contributed by atoms with Gasteiger partial charge in [-0.05, 0) is 48.5 Å². The molecule has 0 bridgehead atoms. The van der Waals surface area contributed by atoms with Crippen molar-refractivity contribution in [2.24, 2.45) is 0 Å². The smallest absolute Gasteiger partial charge is 0.277 e. The third kappa shape index (κ3) is 5.98. The second kappa shape index (κ2) is 10.3. The van der Waals surface area contributed by atoms with E-state index in [9.17, 15) is 9.59 Å². The number of benzene rings is 2. The van der Waals surface area contributed by atoms with E-state index in [1.807, 2.05) is 0 Å². The molecule has 0 atom stereocenters. The lowest BCUT2D eigenvalue weighted by atomic mass is 10.2. The highest BCUT2D eigenvalue weighted by Gasteiger charge is 2.12. The van der Waals surface area contributed by atoms with Gasteiger partial charge in [0.25, 0.3) is 11.1 Å². The minimum Gasteiger partial charge on any atom is -0.497 e. The summed E-state index contributed by atoms with van der Waals surface area (Å²) < 4.78 is 15.6. The van der Waals surface area contributed by atoms with Crippen molar-refractivity contribution in [3.05, 3.63) is 60.0 Å². The SMILES string of the molecule is COc1ccc(NC(=O)CSc2nnc(CNC(=O)c3ccc(OC)cc3)o2)cc1. The molecule has 3 rings (SSSR count). The predicted octanol–water partition coefficient (Wildman–Crippen LogP) is 2.75. The second-order valence-electron chi connectivity index (χ2n) is 5.94. The van der Waals surface area contributed by atoms with Crippen LogP contribution in [0.5, 0.6) is 11.5 Å². The summed E-state index contributed by atoms with van der Waals surface area (Å²) in [5.74, 6) is 1.24. The molecule has 0 fully saturated rings. The average molecular weight is 428 g/mol. The van der Waals surface area contributed by atoms with E-state index in [0.29, 0.717) is 22.7 Å². The molecule has 2 aromatic carbocycles. The summed E-state index contributed by atoms with van der Waals surface area (Å²) in [6, 6.07) is 13.7. The first-order valence-electron chi connectivity index (χ1n) is 8.88. The van der Waals surface area contributed by atoms with Crippen LogP contribution in [0.2, 0.25) is 0 Å². The van der Waals surface area contributed by atoms with Gasteiger partial charge in [-0.3, -0.25) is 9.59 Å². The van der Waals surface area contributed by atoms with Crippen LogP contribution in [0.3, 0.4) is 0 Å². The Bertz CT molecular complexity index is 989. The maximum atomic E-state index is 12.1.